The lowest BCUT2D eigenvalue weighted by Crippen LogP contribution is -2.48. The van der Waals surface area contributed by atoms with Gasteiger partial charge in [-0.15, -0.1) is 0 Å². The van der Waals surface area contributed by atoms with Crippen molar-refractivity contribution in [2.75, 3.05) is 32.1 Å². The molecule has 0 spiro atoms. The van der Waals surface area contributed by atoms with Crippen LogP contribution in [0.4, 0.5) is 0 Å². The maximum Gasteiger partial charge on any atom is 0.326 e. The number of carbonyl (C=O) groups excluding carboxylic acids is 1. The van der Waals surface area contributed by atoms with Crippen molar-refractivity contribution in [2.24, 2.45) is 5.92 Å². The van der Waals surface area contributed by atoms with Crippen LogP contribution in [0, 0.1) is 5.92 Å². The van der Waals surface area contributed by atoms with E-state index in [4.69, 9.17) is 5.11 Å². The minimum atomic E-state index is -3.25. The van der Waals surface area contributed by atoms with Crippen molar-refractivity contribution in [3.8, 4) is 0 Å². The standard InChI is InChI=1S/C12H22N2O5S/c1-14-6-3-4-9(8-14)11(15)13-10(12(16)17)5-7-20(2,18)19/h9-10H,3-8H2,1-2H3,(H,13,15)(H,16,17). The fraction of sp³-hybridized carbons (Fsp3) is 0.833. The Balaban J connectivity index is 2.56. The number of hydrogen-bond donors (Lipinski definition) is 2. The normalized spacial score (nSPS) is 22.2. The zero-order chi connectivity index (χ0) is 15.3. The van der Waals surface area contributed by atoms with Gasteiger partial charge in [0.15, 0.2) is 0 Å². The molecule has 0 aromatic heterocycles. The maximum atomic E-state index is 12.0. The molecule has 0 aromatic carbocycles. The van der Waals surface area contributed by atoms with Crippen molar-refractivity contribution in [3.05, 3.63) is 0 Å². The summed E-state index contributed by atoms with van der Waals surface area (Å²) in [5.74, 6) is -1.99. The van der Waals surface area contributed by atoms with E-state index in [1.165, 1.54) is 0 Å². The third-order valence-electron chi connectivity index (χ3n) is 3.39. The second-order valence-corrected chi connectivity index (χ2v) is 7.68. The molecule has 2 unspecified atom stereocenters. The number of carbonyl (C=O) groups is 2. The number of aliphatic carboxylic acids is 1. The van der Waals surface area contributed by atoms with Crippen LogP contribution in [0.5, 0.6) is 0 Å². The van der Waals surface area contributed by atoms with Crippen molar-refractivity contribution in [1.82, 2.24) is 10.2 Å². The van der Waals surface area contributed by atoms with E-state index in [9.17, 15) is 18.0 Å². The van der Waals surface area contributed by atoms with Gasteiger partial charge in [-0.3, -0.25) is 4.79 Å². The number of hydrogen-bond acceptors (Lipinski definition) is 5. The molecule has 0 aromatic rings. The fourth-order valence-electron chi connectivity index (χ4n) is 2.26. The topological polar surface area (TPSA) is 104 Å². The van der Waals surface area contributed by atoms with Crippen LogP contribution in [0.3, 0.4) is 0 Å². The number of piperidine rings is 1. The highest BCUT2D eigenvalue weighted by Crippen LogP contribution is 2.15. The van der Waals surface area contributed by atoms with Gasteiger partial charge in [0.25, 0.3) is 0 Å². The van der Waals surface area contributed by atoms with Crippen LogP contribution in [0.15, 0.2) is 0 Å². The first-order valence-corrected chi connectivity index (χ1v) is 8.64. The van der Waals surface area contributed by atoms with Crippen LogP contribution < -0.4 is 5.32 Å². The number of nitrogens with one attached hydrogen (secondary N) is 1. The van der Waals surface area contributed by atoms with Crippen LogP contribution in [0.2, 0.25) is 0 Å². The fourth-order valence-corrected chi connectivity index (χ4v) is 2.92. The van der Waals surface area contributed by atoms with E-state index in [-0.39, 0.29) is 24.0 Å². The molecule has 2 atom stereocenters. The highest BCUT2D eigenvalue weighted by atomic mass is 32.2. The van der Waals surface area contributed by atoms with Gasteiger partial charge in [0.1, 0.15) is 15.9 Å². The number of nitrogens with zero attached hydrogens (tertiary/aromatic N) is 1. The lowest BCUT2D eigenvalue weighted by molar-refractivity contribution is -0.142. The average Bonchev–Trinajstić information content (AvgIpc) is 2.32. The third kappa shape index (κ3) is 5.87. The molecule has 116 valence electrons. The Morgan fingerprint density at radius 3 is 2.60 bits per heavy atom. The van der Waals surface area contributed by atoms with Crippen molar-refractivity contribution >= 4 is 21.7 Å². The minimum absolute atomic E-state index is 0.109. The SMILES string of the molecule is CN1CCCC(C(=O)NC(CCS(C)(=O)=O)C(=O)O)C1. The number of rotatable bonds is 6. The number of likely N-dealkylation sites (tertiary alicyclic amines) is 1. The molecular weight excluding hydrogens is 284 g/mol. The van der Waals surface area contributed by atoms with Gasteiger partial charge >= 0.3 is 5.97 Å². The van der Waals surface area contributed by atoms with Crippen LogP contribution in [-0.4, -0.2) is 68.5 Å². The zero-order valence-electron chi connectivity index (χ0n) is 11.8. The molecule has 1 fully saturated rings. The van der Waals surface area contributed by atoms with E-state index in [0.717, 1.165) is 25.6 Å². The summed E-state index contributed by atoms with van der Waals surface area (Å²) in [6, 6.07) is -1.15. The Labute approximate surface area is 119 Å². The number of amides is 1. The van der Waals surface area contributed by atoms with Crippen LogP contribution in [-0.2, 0) is 19.4 Å². The summed E-state index contributed by atoms with van der Waals surface area (Å²) in [4.78, 5) is 25.1. The van der Waals surface area contributed by atoms with E-state index in [0.29, 0.717) is 6.54 Å². The van der Waals surface area contributed by atoms with E-state index in [1.54, 1.807) is 0 Å². The molecule has 7 nitrogen and oxygen atoms in total. The summed E-state index contributed by atoms with van der Waals surface area (Å²) in [6.07, 6.45) is 2.57. The van der Waals surface area contributed by atoms with E-state index < -0.39 is 21.8 Å². The second-order valence-electron chi connectivity index (χ2n) is 5.42. The first kappa shape index (κ1) is 16.9. The quantitative estimate of drug-likeness (QED) is 0.674. The molecule has 0 saturated carbocycles. The van der Waals surface area contributed by atoms with Gasteiger partial charge in [-0.1, -0.05) is 0 Å². The molecule has 0 aliphatic carbocycles. The van der Waals surface area contributed by atoms with Crippen LogP contribution in [0.25, 0.3) is 0 Å². The first-order chi connectivity index (χ1) is 9.19. The van der Waals surface area contributed by atoms with Crippen molar-refractivity contribution < 1.29 is 23.1 Å². The number of carboxylic acid groups (broad SMARTS) is 1. The largest absolute Gasteiger partial charge is 0.480 e. The van der Waals surface area contributed by atoms with Crippen LogP contribution >= 0.6 is 0 Å². The Morgan fingerprint density at radius 1 is 1.45 bits per heavy atom. The van der Waals surface area contributed by atoms with Gasteiger partial charge in [0.2, 0.25) is 5.91 Å². The summed E-state index contributed by atoms with van der Waals surface area (Å²) in [7, 11) is -1.33. The summed E-state index contributed by atoms with van der Waals surface area (Å²) in [5.41, 5.74) is 0. The summed E-state index contributed by atoms with van der Waals surface area (Å²) < 4.78 is 22.2. The summed E-state index contributed by atoms with van der Waals surface area (Å²) in [5, 5.41) is 11.5. The van der Waals surface area contributed by atoms with Gasteiger partial charge in [-0.2, -0.15) is 0 Å². The molecule has 8 heteroatoms. The van der Waals surface area contributed by atoms with E-state index >= 15 is 0 Å². The summed E-state index contributed by atoms with van der Waals surface area (Å²) >= 11 is 0. The van der Waals surface area contributed by atoms with Crippen molar-refractivity contribution in [3.63, 3.8) is 0 Å². The predicted molar refractivity (Wildman–Crippen MR) is 74.1 cm³/mol. The highest BCUT2D eigenvalue weighted by molar-refractivity contribution is 7.90. The Hall–Kier alpha value is -1.15. The van der Waals surface area contributed by atoms with Gasteiger partial charge < -0.3 is 15.3 Å². The smallest absolute Gasteiger partial charge is 0.326 e. The van der Waals surface area contributed by atoms with Gasteiger partial charge in [-0.05, 0) is 32.9 Å². The maximum absolute atomic E-state index is 12.0. The molecule has 2 N–H and O–H groups in total. The lowest BCUT2D eigenvalue weighted by Gasteiger charge is -2.29. The van der Waals surface area contributed by atoms with Crippen molar-refractivity contribution in [2.45, 2.75) is 25.3 Å². The Kier molecular flexibility index (Phi) is 5.94. The van der Waals surface area contributed by atoms with Gasteiger partial charge in [0, 0.05) is 12.8 Å². The molecule has 1 saturated heterocycles. The highest BCUT2D eigenvalue weighted by Gasteiger charge is 2.28. The first-order valence-electron chi connectivity index (χ1n) is 6.58. The average molecular weight is 306 g/mol. The van der Waals surface area contributed by atoms with E-state index in [2.05, 4.69) is 5.32 Å². The van der Waals surface area contributed by atoms with Gasteiger partial charge in [0.05, 0.1) is 11.7 Å². The number of carboxylic acids is 1. The minimum Gasteiger partial charge on any atom is -0.480 e. The molecule has 0 bridgehead atoms. The molecule has 0 radical (unpaired) electrons. The molecule has 1 heterocycles. The Morgan fingerprint density at radius 2 is 2.10 bits per heavy atom. The van der Waals surface area contributed by atoms with E-state index in [1.807, 2.05) is 11.9 Å². The van der Waals surface area contributed by atoms with Crippen LogP contribution in [0.1, 0.15) is 19.3 Å². The third-order valence-corrected chi connectivity index (χ3v) is 4.36. The van der Waals surface area contributed by atoms with Gasteiger partial charge in [-0.25, -0.2) is 13.2 Å². The molecule has 20 heavy (non-hydrogen) atoms. The molecular formula is C12H22N2O5S. The lowest BCUT2D eigenvalue weighted by atomic mass is 9.97. The predicted octanol–water partition coefficient (Wildman–Crippen LogP) is -0.668. The second kappa shape index (κ2) is 7.03. The summed E-state index contributed by atoms with van der Waals surface area (Å²) in [6.45, 7) is 1.53. The number of sulfone groups is 1. The Bertz CT molecular complexity index is 462. The molecule has 1 aliphatic heterocycles. The molecule has 1 aliphatic rings. The zero-order valence-corrected chi connectivity index (χ0v) is 12.6. The molecule has 1 rings (SSSR count). The van der Waals surface area contributed by atoms with Crippen molar-refractivity contribution in [1.29, 1.82) is 0 Å². The molecule has 1 amide bonds. The monoisotopic (exact) mass is 306 g/mol.